The lowest BCUT2D eigenvalue weighted by Crippen LogP contribution is -2.33. The number of methoxy groups -OCH3 is 2. The van der Waals surface area contributed by atoms with Crippen molar-refractivity contribution in [1.82, 2.24) is 9.55 Å². The molecule has 2 aromatic heterocycles. The second kappa shape index (κ2) is 8.62. The summed E-state index contributed by atoms with van der Waals surface area (Å²) in [6.07, 6.45) is 3.26. The van der Waals surface area contributed by atoms with E-state index in [9.17, 15) is 9.59 Å². The molecule has 0 aliphatic rings. The molecule has 0 radical (unpaired) electrons. The third-order valence-electron chi connectivity index (χ3n) is 3.91. The summed E-state index contributed by atoms with van der Waals surface area (Å²) in [5.41, 5.74) is 2.02. The summed E-state index contributed by atoms with van der Waals surface area (Å²) in [5.74, 6) is -1.25. The fourth-order valence-electron chi connectivity index (χ4n) is 2.88. The predicted molar refractivity (Wildman–Crippen MR) is 101 cm³/mol. The molecule has 0 aromatic carbocycles. The number of carbonyl (C=O) groups is 2. The zero-order valence-corrected chi connectivity index (χ0v) is 16.5. The van der Waals surface area contributed by atoms with Gasteiger partial charge in [0.05, 0.1) is 19.8 Å². The summed E-state index contributed by atoms with van der Waals surface area (Å²) in [4.78, 5) is 34.1. The fraction of sp³-hybridized carbons (Fsp3) is 0.400. The Labute approximate surface area is 158 Å². The first-order chi connectivity index (χ1) is 12.8. The Balaban J connectivity index is 3.09. The Morgan fingerprint density at radius 2 is 1.78 bits per heavy atom. The Kier molecular flexibility index (Phi) is 6.50. The maximum absolute atomic E-state index is 12.7. The molecule has 0 N–H and O–H groups in total. The Hall–Kier alpha value is -2.96. The highest BCUT2D eigenvalue weighted by Crippen LogP contribution is 2.27. The minimum Gasteiger partial charge on any atom is -0.465 e. The molecular weight excluding hydrogens is 346 g/mol. The molecule has 0 bridgehead atoms. The van der Waals surface area contributed by atoms with Crippen LogP contribution in [-0.2, 0) is 9.47 Å². The molecule has 2 heterocycles. The van der Waals surface area contributed by atoms with Crippen LogP contribution in [0.25, 0.3) is 11.1 Å². The topological polar surface area (TPSA) is 82.8 Å². The molecule has 0 unspecified atom stereocenters. The predicted octanol–water partition coefficient (Wildman–Crippen LogP) is 3.01. The third kappa shape index (κ3) is 4.24. The van der Waals surface area contributed by atoms with Crippen LogP contribution in [0.15, 0.2) is 35.6 Å². The largest absolute Gasteiger partial charge is 0.465 e. The van der Waals surface area contributed by atoms with E-state index in [1.165, 1.54) is 14.2 Å². The molecule has 0 saturated heterocycles. The van der Waals surface area contributed by atoms with E-state index >= 15 is 0 Å². The van der Waals surface area contributed by atoms with Crippen LogP contribution in [0.5, 0.6) is 0 Å². The van der Waals surface area contributed by atoms with E-state index in [0.29, 0.717) is 16.6 Å². The van der Waals surface area contributed by atoms with Gasteiger partial charge in [0, 0.05) is 35.6 Å². The highest BCUT2D eigenvalue weighted by atomic mass is 16.5. The molecule has 2 rings (SSSR count). The first kappa shape index (κ1) is 20.4. The highest BCUT2D eigenvalue weighted by Gasteiger charge is 2.28. The van der Waals surface area contributed by atoms with Crippen LogP contribution in [0.4, 0.5) is 0 Å². The van der Waals surface area contributed by atoms with E-state index in [1.807, 2.05) is 33.8 Å². The van der Waals surface area contributed by atoms with Gasteiger partial charge in [0.15, 0.2) is 0 Å². The summed E-state index contributed by atoms with van der Waals surface area (Å²) in [7, 11) is 2.56. The first-order valence-electron chi connectivity index (χ1n) is 8.72. The van der Waals surface area contributed by atoms with Crippen molar-refractivity contribution in [1.29, 1.82) is 0 Å². The molecule has 0 atom stereocenters. The number of carbonyl (C=O) groups excluding carboxylic acids is 2. The number of rotatable bonds is 5. The van der Waals surface area contributed by atoms with Gasteiger partial charge < -0.3 is 14.0 Å². The number of pyridine rings is 2. The normalized spacial score (nSPS) is 11.8. The van der Waals surface area contributed by atoms with Crippen molar-refractivity contribution >= 4 is 11.9 Å². The van der Waals surface area contributed by atoms with Crippen LogP contribution in [-0.4, -0.2) is 41.8 Å². The van der Waals surface area contributed by atoms with Gasteiger partial charge in [-0.25, -0.2) is 9.59 Å². The van der Waals surface area contributed by atoms with Crippen molar-refractivity contribution in [3.8, 4) is 11.1 Å². The standard InChI is InChI=1S/C20H25N3O4/c1-12(2)22-16-10-15(14-8-7-9-21-11-14)17(19(24)26-5)18(20(25)27-6)23(16)13(3)4/h7-13H,1-6H3. The molecule has 144 valence electrons. The minimum atomic E-state index is -0.630. The second-order valence-electron chi connectivity index (χ2n) is 6.55. The maximum Gasteiger partial charge on any atom is 0.355 e. The van der Waals surface area contributed by atoms with Gasteiger partial charge in [0.1, 0.15) is 11.2 Å². The first-order valence-corrected chi connectivity index (χ1v) is 8.72. The second-order valence-corrected chi connectivity index (χ2v) is 6.55. The van der Waals surface area contributed by atoms with Crippen LogP contribution < -0.4 is 5.49 Å². The zero-order valence-electron chi connectivity index (χ0n) is 16.5. The van der Waals surface area contributed by atoms with Crippen molar-refractivity contribution in [2.24, 2.45) is 4.99 Å². The molecular formula is C20H25N3O4. The van der Waals surface area contributed by atoms with Crippen molar-refractivity contribution in [3.63, 3.8) is 0 Å². The van der Waals surface area contributed by atoms with E-state index in [4.69, 9.17) is 9.47 Å². The van der Waals surface area contributed by atoms with Crippen molar-refractivity contribution in [3.05, 3.63) is 47.3 Å². The molecule has 2 aromatic rings. The number of ether oxygens (including phenoxy) is 2. The monoisotopic (exact) mass is 371 g/mol. The van der Waals surface area contributed by atoms with Gasteiger partial charge in [0.25, 0.3) is 0 Å². The zero-order chi connectivity index (χ0) is 20.1. The van der Waals surface area contributed by atoms with Gasteiger partial charge in [-0.1, -0.05) is 6.07 Å². The van der Waals surface area contributed by atoms with Gasteiger partial charge >= 0.3 is 11.9 Å². The SMILES string of the molecule is COC(=O)c1c(-c2cccnc2)cc(=NC(C)C)n(C(C)C)c1C(=O)OC. The summed E-state index contributed by atoms with van der Waals surface area (Å²) in [5, 5.41) is 0. The van der Waals surface area contributed by atoms with Crippen LogP contribution in [0, 0.1) is 0 Å². The Bertz CT molecular complexity index is 899. The molecule has 0 fully saturated rings. The van der Waals surface area contributed by atoms with Crippen molar-refractivity contribution in [2.45, 2.75) is 39.8 Å². The highest BCUT2D eigenvalue weighted by molar-refractivity contribution is 6.06. The quantitative estimate of drug-likeness (QED) is 0.755. The van der Waals surface area contributed by atoms with E-state index in [-0.39, 0.29) is 23.3 Å². The van der Waals surface area contributed by atoms with Crippen LogP contribution in [0.1, 0.15) is 54.6 Å². The summed E-state index contributed by atoms with van der Waals surface area (Å²) >= 11 is 0. The average molecular weight is 371 g/mol. The molecule has 0 saturated carbocycles. The van der Waals surface area contributed by atoms with Crippen molar-refractivity contribution < 1.29 is 19.1 Å². The Morgan fingerprint density at radius 3 is 2.26 bits per heavy atom. The van der Waals surface area contributed by atoms with E-state index in [1.54, 1.807) is 29.1 Å². The van der Waals surface area contributed by atoms with Gasteiger partial charge in [-0.2, -0.15) is 0 Å². The molecule has 7 nitrogen and oxygen atoms in total. The minimum absolute atomic E-state index is 0.00813. The summed E-state index contributed by atoms with van der Waals surface area (Å²) in [6.45, 7) is 7.72. The van der Waals surface area contributed by atoms with E-state index < -0.39 is 11.9 Å². The number of aromatic nitrogens is 2. The van der Waals surface area contributed by atoms with Gasteiger partial charge in [-0.15, -0.1) is 0 Å². The summed E-state index contributed by atoms with van der Waals surface area (Å²) < 4.78 is 11.7. The Morgan fingerprint density at radius 1 is 1.11 bits per heavy atom. The van der Waals surface area contributed by atoms with Crippen molar-refractivity contribution in [2.75, 3.05) is 14.2 Å². The van der Waals surface area contributed by atoms with Crippen LogP contribution >= 0.6 is 0 Å². The lowest BCUT2D eigenvalue weighted by atomic mass is 9.99. The lowest BCUT2D eigenvalue weighted by Gasteiger charge is -2.22. The van der Waals surface area contributed by atoms with Crippen LogP contribution in [0.2, 0.25) is 0 Å². The number of nitrogens with zero attached hydrogens (tertiary/aromatic N) is 3. The fourth-order valence-corrected chi connectivity index (χ4v) is 2.88. The number of hydrogen-bond donors (Lipinski definition) is 0. The number of esters is 2. The molecule has 27 heavy (non-hydrogen) atoms. The third-order valence-corrected chi connectivity index (χ3v) is 3.91. The molecule has 0 aliphatic carbocycles. The van der Waals surface area contributed by atoms with Gasteiger partial charge in [-0.3, -0.25) is 9.98 Å². The van der Waals surface area contributed by atoms with Gasteiger partial charge in [0.2, 0.25) is 0 Å². The summed E-state index contributed by atoms with van der Waals surface area (Å²) in [6, 6.07) is 5.22. The van der Waals surface area contributed by atoms with E-state index in [0.717, 1.165) is 0 Å². The number of hydrogen-bond acceptors (Lipinski definition) is 6. The smallest absolute Gasteiger partial charge is 0.355 e. The van der Waals surface area contributed by atoms with Gasteiger partial charge in [-0.05, 0) is 39.8 Å². The molecule has 0 amide bonds. The average Bonchev–Trinajstić information content (AvgIpc) is 2.65. The molecule has 7 heteroatoms. The molecule has 0 aliphatic heterocycles. The molecule has 0 spiro atoms. The maximum atomic E-state index is 12.7. The van der Waals surface area contributed by atoms with Crippen LogP contribution in [0.3, 0.4) is 0 Å². The lowest BCUT2D eigenvalue weighted by molar-refractivity contribution is 0.0542. The van der Waals surface area contributed by atoms with E-state index in [2.05, 4.69) is 9.98 Å².